The van der Waals surface area contributed by atoms with E-state index >= 15 is 4.39 Å². The molecule has 0 unspecified atom stereocenters. The summed E-state index contributed by atoms with van der Waals surface area (Å²) in [6, 6.07) is 8.77. The van der Waals surface area contributed by atoms with Crippen LogP contribution < -0.4 is 10.3 Å². The molecule has 0 atom stereocenters. The third-order valence-corrected chi connectivity index (χ3v) is 6.14. The third-order valence-electron chi connectivity index (χ3n) is 5.79. The Hall–Kier alpha value is -3.69. The summed E-state index contributed by atoms with van der Waals surface area (Å²) in [5, 5.41) is 10.00. The maximum absolute atomic E-state index is 15.9. The van der Waals surface area contributed by atoms with E-state index in [4.69, 9.17) is 16.3 Å². The monoisotopic (exact) mass is 529 g/mol. The Morgan fingerprint density at radius 2 is 1.81 bits per heavy atom. The largest absolute Gasteiger partial charge is 0.485 e. The van der Waals surface area contributed by atoms with Crippen LogP contribution in [0.2, 0.25) is 5.02 Å². The van der Waals surface area contributed by atoms with Crippen LogP contribution in [0.1, 0.15) is 36.4 Å². The first kappa shape index (κ1) is 26.4. The van der Waals surface area contributed by atoms with E-state index < -0.39 is 35.2 Å². The highest BCUT2D eigenvalue weighted by atomic mass is 35.5. The van der Waals surface area contributed by atoms with Crippen molar-refractivity contribution in [3.8, 4) is 22.7 Å². The quantitative estimate of drug-likeness (QED) is 0.342. The van der Waals surface area contributed by atoms with Crippen molar-refractivity contribution in [2.75, 3.05) is 0 Å². The number of aliphatic hydroxyl groups is 1. The van der Waals surface area contributed by atoms with E-state index in [9.17, 15) is 18.7 Å². The van der Waals surface area contributed by atoms with Crippen molar-refractivity contribution in [3.05, 3.63) is 104 Å². The molecule has 0 fully saturated rings. The normalized spacial score (nSPS) is 11.6. The van der Waals surface area contributed by atoms with Crippen LogP contribution in [-0.2, 0) is 12.2 Å². The Balaban J connectivity index is 1.77. The van der Waals surface area contributed by atoms with Gasteiger partial charge in [0.1, 0.15) is 34.6 Å². The van der Waals surface area contributed by atoms with Gasteiger partial charge in [0.25, 0.3) is 5.56 Å². The fourth-order valence-electron chi connectivity index (χ4n) is 3.85. The maximum atomic E-state index is 15.9. The number of ether oxygens (including phenoxy) is 1. The molecule has 0 aliphatic carbocycles. The summed E-state index contributed by atoms with van der Waals surface area (Å²) < 4.78 is 49.6. The molecule has 0 amide bonds. The lowest BCUT2D eigenvalue weighted by molar-refractivity contribution is 0.0786. The second kappa shape index (κ2) is 9.99. The summed E-state index contributed by atoms with van der Waals surface area (Å²) in [5.74, 6) is -2.55. The Labute approximate surface area is 216 Å². The fraction of sp³-hybridized carbons (Fsp3) is 0.222. The molecule has 6 nitrogen and oxygen atoms in total. The summed E-state index contributed by atoms with van der Waals surface area (Å²) in [5.41, 5.74) is -0.463. The van der Waals surface area contributed by atoms with Crippen molar-refractivity contribution < 1.29 is 23.0 Å². The van der Waals surface area contributed by atoms with Gasteiger partial charge in [0, 0.05) is 29.6 Å². The van der Waals surface area contributed by atoms with Crippen LogP contribution >= 0.6 is 11.6 Å². The standard InChI is InChI=1S/C27H23ClF3N3O3/c1-14-11-33-24(16-6-5-7-17(9-16)27(3,4)36)23(31)25(14)34-15(2)8-21(22(28)26(34)35)37-13-20-19(30)10-18(29)12-32-20/h5-12,36H,13H2,1-4H3. The Kier molecular flexibility index (Phi) is 7.12. The average Bonchev–Trinajstić information content (AvgIpc) is 2.83. The minimum atomic E-state index is -1.15. The predicted molar refractivity (Wildman–Crippen MR) is 133 cm³/mol. The molecule has 37 heavy (non-hydrogen) atoms. The summed E-state index contributed by atoms with van der Waals surface area (Å²) >= 11 is 6.29. The molecule has 3 aromatic heterocycles. The molecule has 3 heterocycles. The first-order chi connectivity index (χ1) is 17.4. The van der Waals surface area contributed by atoms with Gasteiger partial charge in [0.15, 0.2) is 11.6 Å². The average molecular weight is 530 g/mol. The van der Waals surface area contributed by atoms with Gasteiger partial charge in [-0.2, -0.15) is 0 Å². The zero-order valence-corrected chi connectivity index (χ0v) is 21.2. The lowest BCUT2D eigenvalue weighted by atomic mass is 9.95. The number of hydrogen-bond acceptors (Lipinski definition) is 5. The molecule has 0 aliphatic heterocycles. The number of aryl methyl sites for hydroxylation is 2. The van der Waals surface area contributed by atoms with Gasteiger partial charge < -0.3 is 9.84 Å². The van der Waals surface area contributed by atoms with E-state index in [-0.39, 0.29) is 27.8 Å². The van der Waals surface area contributed by atoms with E-state index in [1.165, 1.54) is 12.3 Å². The number of halogens is 4. The molecule has 192 valence electrons. The molecule has 10 heteroatoms. The molecule has 0 spiro atoms. The van der Waals surface area contributed by atoms with E-state index in [1.807, 2.05) is 0 Å². The van der Waals surface area contributed by atoms with Gasteiger partial charge in [-0.1, -0.05) is 29.8 Å². The predicted octanol–water partition coefficient (Wildman–Crippen LogP) is 5.79. The Morgan fingerprint density at radius 1 is 1.08 bits per heavy atom. The van der Waals surface area contributed by atoms with E-state index in [0.717, 1.165) is 10.8 Å². The Bertz CT molecular complexity index is 1570. The summed E-state index contributed by atoms with van der Waals surface area (Å²) in [6.45, 7) is 6.00. The molecule has 0 saturated carbocycles. The first-order valence-electron chi connectivity index (χ1n) is 11.2. The van der Waals surface area contributed by atoms with E-state index in [2.05, 4.69) is 9.97 Å². The van der Waals surface area contributed by atoms with Gasteiger partial charge in [-0.25, -0.2) is 13.2 Å². The molecule has 4 aromatic rings. The van der Waals surface area contributed by atoms with Crippen LogP contribution in [0, 0.1) is 31.3 Å². The van der Waals surface area contributed by atoms with Crippen LogP contribution in [0.5, 0.6) is 5.75 Å². The zero-order valence-electron chi connectivity index (χ0n) is 20.4. The van der Waals surface area contributed by atoms with Crippen molar-refractivity contribution in [1.82, 2.24) is 14.5 Å². The molecule has 1 aromatic carbocycles. The van der Waals surface area contributed by atoms with Gasteiger partial charge >= 0.3 is 0 Å². The van der Waals surface area contributed by atoms with Crippen LogP contribution in [0.25, 0.3) is 16.9 Å². The van der Waals surface area contributed by atoms with Crippen LogP contribution in [0.4, 0.5) is 13.2 Å². The summed E-state index contributed by atoms with van der Waals surface area (Å²) in [7, 11) is 0. The lowest BCUT2D eigenvalue weighted by Gasteiger charge is -2.20. The molecular weight excluding hydrogens is 507 g/mol. The number of rotatable bonds is 6. The van der Waals surface area contributed by atoms with Crippen molar-refractivity contribution in [2.24, 2.45) is 0 Å². The van der Waals surface area contributed by atoms with Crippen molar-refractivity contribution >= 4 is 11.6 Å². The smallest absolute Gasteiger partial charge is 0.278 e. The highest BCUT2D eigenvalue weighted by molar-refractivity contribution is 6.31. The molecule has 0 saturated heterocycles. The van der Waals surface area contributed by atoms with Crippen LogP contribution in [0.3, 0.4) is 0 Å². The highest BCUT2D eigenvalue weighted by Crippen LogP contribution is 2.32. The second-order valence-electron chi connectivity index (χ2n) is 9.07. The van der Waals surface area contributed by atoms with Gasteiger partial charge in [-0.3, -0.25) is 19.3 Å². The molecule has 0 bridgehead atoms. The van der Waals surface area contributed by atoms with Gasteiger partial charge in [0.05, 0.1) is 17.5 Å². The topological polar surface area (TPSA) is 77.2 Å². The molecule has 4 rings (SSSR count). The van der Waals surface area contributed by atoms with Crippen molar-refractivity contribution in [2.45, 2.75) is 39.9 Å². The number of nitrogens with zero attached hydrogens (tertiary/aromatic N) is 3. The minimum absolute atomic E-state index is 0.00712. The molecule has 0 radical (unpaired) electrons. The van der Waals surface area contributed by atoms with Gasteiger partial charge in [-0.15, -0.1) is 0 Å². The van der Waals surface area contributed by atoms with Crippen molar-refractivity contribution in [1.29, 1.82) is 0 Å². The minimum Gasteiger partial charge on any atom is -0.485 e. The number of benzene rings is 1. The van der Waals surface area contributed by atoms with Crippen molar-refractivity contribution in [3.63, 3.8) is 0 Å². The maximum Gasteiger partial charge on any atom is 0.278 e. The molecular formula is C27H23ClF3N3O3. The Morgan fingerprint density at radius 3 is 2.49 bits per heavy atom. The molecule has 1 N–H and O–H groups in total. The zero-order chi connectivity index (χ0) is 27.1. The third kappa shape index (κ3) is 5.23. The SMILES string of the molecule is Cc1cnc(-c2cccc(C(C)(C)O)c2)c(F)c1-n1c(C)cc(OCc2ncc(F)cc2F)c(Cl)c1=O. The summed E-state index contributed by atoms with van der Waals surface area (Å²) in [6.07, 6.45) is 2.29. The lowest BCUT2D eigenvalue weighted by Crippen LogP contribution is -2.24. The van der Waals surface area contributed by atoms with Gasteiger partial charge in [-0.05, 0) is 44.9 Å². The number of hydrogen-bond donors (Lipinski definition) is 1. The van der Waals surface area contributed by atoms with Crippen LogP contribution in [-0.4, -0.2) is 19.6 Å². The summed E-state index contributed by atoms with van der Waals surface area (Å²) in [4.78, 5) is 21.1. The first-order valence-corrected chi connectivity index (χ1v) is 11.6. The highest BCUT2D eigenvalue weighted by Gasteiger charge is 2.23. The van der Waals surface area contributed by atoms with E-state index in [1.54, 1.807) is 52.0 Å². The fourth-order valence-corrected chi connectivity index (χ4v) is 4.04. The van der Waals surface area contributed by atoms with Crippen LogP contribution in [0.15, 0.2) is 53.6 Å². The van der Waals surface area contributed by atoms with E-state index in [0.29, 0.717) is 28.5 Å². The number of aromatic nitrogens is 3. The van der Waals surface area contributed by atoms with Gasteiger partial charge in [0.2, 0.25) is 0 Å². The number of pyridine rings is 3. The molecule has 0 aliphatic rings. The second-order valence-corrected chi connectivity index (χ2v) is 9.45.